The highest BCUT2D eigenvalue weighted by atomic mass is 79.9. The van der Waals surface area contributed by atoms with Gasteiger partial charge in [-0.15, -0.1) is 0 Å². The van der Waals surface area contributed by atoms with Crippen LogP contribution in [0.3, 0.4) is 0 Å². The molecule has 0 bridgehead atoms. The molecule has 5 heteroatoms. The molecule has 0 saturated heterocycles. The molecule has 2 aromatic rings. The van der Waals surface area contributed by atoms with Gasteiger partial charge >= 0.3 is 0 Å². The molecule has 0 aromatic heterocycles. The Labute approximate surface area is 123 Å². The van der Waals surface area contributed by atoms with Gasteiger partial charge in [-0.25, -0.2) is 8.78 Å². The molecule has 100 valence electrons. The van der Waals surface area contributed by atoms with E-state index in [-0.39, 0.29) is 11.6 Å². The van der Waals surface area contributed by atoms with Crippen LogP contribution in [0.15, 0.2) is 40.9 Å². The van der Waals surface area contributed by atoms with Gasteiger partial charge in [0, 0.05) is 15.1 Å². The number of hydrogen-bond donors (Lipinski definition) is 1. The minimum atomic E-state index is -0.851. The van der Waals surface area contributed by atoms with Crippen molar-refractivity contribution in [3.05, 3.63) is 63.1 Å². The third-order valence-electron chi connectivity index (χ3n) is 2.75. The van der Waals surface area contributed by atoms with Crippen LogP contribution in [0.1, 0.15) is 18.5 Å². The monoisotopic (exact) mass is 345 g/mol. The molecule has 0 aliphatic rings. The predicted octanol–water partition coefficient (Wildman–Crippen LogP) is 5.55. The average molecular weight is 347 g/mol. The number of benzene rings is 2. The van der Waals surface area contributed by atoms with E-state index in [0.29, 0.717) is 5.02 Å². The highest BCUT2D eigenvalue weighted by molar-refractivity contribution is 9.10. The van der Waals surface area contributed by atoms with Crippen molar-refractivity contribution >= 4 is 33.2 Å². The summed E-state index contributed by atoms with van der Waals surface area (Å²) in [6, 6.07) is 9.00. The van der Waals surface area contributed by atoms with E-state index >= 15 is 0 Å². The van der Waals surface area contributed by atoms with E-state index in [1.165, 1.54) is 6.07 Å². The molecule has 0 amide bonds. The summed E-state index contributed by atoms with van der Waals surface area (Å²) in [5.41, 5.74) is 0.996. The molecule has 19 heavy (non-hydrogen) atoms. The van der Waals surface area contributed by atoms with Crippen molar-refractivity contribution in [2.75, 3.05) is 5.32 Å². The Balaban J connectivity index is 2.28. The molecule has 2 aromatic carbocycles. The first-order valence-corrected chi connectivity index (χ1v) is 6.81. The van der Waals surface area contributed by atoms with Gasteiger partial charge < -0.3 is 5.32 Å². The SMILES string of the molecule is CC(Nc1cc(Cl)ccc1Br)c1cccc(F)c1F. The first-order valence-electron chi connectivity index (χ1n) is 5.64. The van der Waals surface area contributed by atoms with Gasteiger partial charge in [0.2, 0.25) is 0 Å². The molecule has 0 fully saturated rings. The summed E-state index contributed by atoms with van der Waals surface area (Å²) in [4.78, 5) is 0. The number of rotatable bonds is 3. The first kappa shape index (κ1) is 14.3. The normalized spacial score (nSPS) is 12.3. The zero-order valence-electron chi connectivity index (χ0n) is 10.1. The molecular formula is C14H11BrClF2N. The quantitative estimate of drug-likeness (QED) is 0.768. The Kier molecular flexibility index (Phi) is 4.42. The fourth-order valence-electron chi connectivity index (χ4n) is 1.77. The second-order valence-corrected chi connectivity index (χ2v) is 5.42. The molecule has 0 spiro atoms. The molecule has 0 aliphatic heterocycles. The van der Waals surface area contributed by atoms with Crippen molar-refractivity contribution in [3.8, 4) is 0 Å². The van der Waals surface area contributed by atoms with E-state index in [1.54, 1.807) is 31.2 Å². The van der Waals surface area contributed by atoms with Crippen LogP contribution in [-0.4, -0.2) is 0 Å². The zero-order valence-corrected chi connectivity index (χ0v) is 12.4. The van der Waals surface area contributed by atoms with Gasteiger partial charge in [-0.1, -0.05) is 23.7 Å². The highest BCUT2D eigenvalue weighted by Gasteiger charge is 2.15. The Morgan fingerprint density at radius 1 is 1.21 bits per heavy atom. The lowest BCUT2D eigenvalue weighted by Crippen LogP contribution is -2.10. The fourth-order valence-corrected chi connectivity index (χ4v) is 2.31. The van der Waals surface area contributed by atoms with E-state index in [2.05, 4.69) is 21.2 Å². The lowest BCUT2D eigenvalue weighted by Gasteiger charge is -2.18. The third-order valence-corrected chi connectivity index (χ3v) is 3.67. The topological polar surface area (TPSA) is 12.0 Å². The van der Waals surface area contributed by atoms with Gasteiger partial charge in [0.15, 0.2) is 11.6 Å². The summed E-state index contributed by atoms with van der Waals surface area (Å²) in [6.07, 6.45) is 0. The fraction of sp³-hybridized carbons (Fsp3) is 0.143. The van der Waals surface area contributed by atoms with Crippen molar-refractivity contribution in [2.24, 2.45) is 0 Å². The summed E-state index contributed by atoms with van der Waals surface area (Å²) in [5.74, 6) is -1.68. The molecule has 0 heterocycles. The second-order valence-electron chi connectivity index (χ2n) is 4.13. The Morgan fingerprint density at radius 3 is 2.68 bits per heavy atom. The summed E-state index contributed by atoms with van der Waals surface area (Å²) >= 11 is 9.28. The van der Waals surface area contributed by atoms with Crippen LogP contribution in [0.5, 0.6) is 0 Å². The van der Waals surface area contributed by atoms with Gasteiger partial charge in [-0.2, -0.15) is 0 Å². The van der Waals surface area contributed by atoms with E-state index in [4.69, 9.17) is 11.6 Å². The van der Waals surface area contributed by atoms with E-state index in [0.717, 1.165) is 16.2 Å². The van der Waals surface area contributed by atoms with Crippen molar-refractivity contribution in [1.82, 2.24) is 0 Å². The van der Waals surface area contributed by atoms with Crippen molar-refractivity contribution in [2.45, 2.75) is 13.0 Å². The predicted molar refractivity (Wildman–Crippen MR) is 77.5 cm³/mol. The molecule has 1 unspecified atom stereocenters. The van der Waals surface area contributed by atoms with Crippen LogP contribution in [0.4, 0.5) is 14.5 Å². The number of halogens is 4. The summed E-state index contributed by atoms with van der Waals surface area (Å²) in [5, 5.41) is 3.66. The van der Waals surface area contributed by atoms with Crippen LogP contribution in [0, 0.1) is 11.6 Å². The van der Waals surface area contributed by atoms with Crippen LogP contribution in [0.25, 0.3) is 0 Å². The van der Waals surface area contributed by atoms with E-state index < -0.39 is 11.6 Å². The largest absolute Gasteiger partial charge is 0.377 e. The van der Waals surface area contributed by atoms with Crippen LogP contribution in [-0.2, 0) is 0 Å². The van der Waals surface area contributed by atoms with E-state index in [9.17, 15) is 8.78 Å². The molecule has 0 aliphatic carbocycles. The maximum absolute atomic E-state index is 13.7. The van der Waals surface area contributed by atoms with Gasteiger partial charge in [0.25, 0.3) is 0 Å². The number of hydrogen-bond acceptors (Lipinski definition) is 1. The summed E-state index contributed by atoms with van der Waals surface area (Å²) < 4.78 is 27.7. The Morgan fingerprint density at radius 2 is 1.95 bits per heavy atom. The Hall–Kier alpha value is -1.13. The van der Waals surface area contributed by atoms with Gasteiger partial charge in [-0.05, 0) is 47.1 Å². The molecular weight excluding hydrogens is 336 g/mol. The minimum Gasteiger partial charge on any atom is -0.377 e. The van der Waals surface area contributed by atoms with Crippen LogP contribution in [0.2, 0.25) is 5.02 Å². The molecule has 1 atom stereocenters. The molecule has 1 N–H and O–H groups in total. The van der Waals surface area contributed by atoms with Gasteiger partial charge in [0.1, 0.15) is 0 Å². The first-order chi connectivity index (χ1) is 8.99. The second kappa shape index (κ2) is 5.88. The standard InChI is InChI=1S/C14H11BrClF2N/c1-8(10-3-2-4-12(17)14(10)18)19-13-7-9(16)5-6-11(13)15/h2-8,19H,1H3. The van der Waals surface area contributed by atoms with E-state index in [1.807, 2.05) is 0 Å². The smallest absolute Gasteiger partial charge is 0.164 e. The maximum Gasteiger partial charge on any atom is 0.164 e. The van der Waals surface area contributed by atoms with Crippen molar-refractivity contribution < 1.29 is 8.78 Å². The number of nitrogens with one attached hydrogen (secondary N) is 1. The lowest BCUT2D eigenvalue weighted by atomic mass is 10.1. The third kappa shape index (κ3) is 3.25. The molecule has 2 rings (SSSR count). The van der Waals surface area contributed by atoms with Crippen molar-refractivity contribution in [3.63, 3.8) is 0 Å². The summed E-state index contributed by atoms with van der Waals surface area (Å²) in [7, 11) is 0. The highest BCUT2D eigenvalue weighted by Crippen LogP contribution is 2.30. The molecule has 0 saturated carbocycles. The zero-order chi connectivity index (χ0) is 14.0. The minimum absolute atomic E-state index is 0.270. The average Bonchev–Trinajstić information content (AvgIpc) is 2.37. The van der Waals surface area contributed by atoms with Crippen molar-refractivity contribution in [1.29, 1.82) is 0 Å². The number of anilines is 1. The Bertz CT molecular complexity index is 604. The molecule has 0 radical (unpaired) electrons. The van der Waals surface area contributed by atoms with Gasteiger partial charge in [0.05, 0.1) is 11.7 Å². The van der Waals surface area contributed by atoms with Crippen LogP contribution < -0.4 is 5.32 Å². The van der Waals surface area contributed by atoms with Gasteiger partial charge in [-0.3, -0.25) is 0 Å². The lowest BCUT2D eigenvalue weighted by molar-refractivity contribution is 0.494. The summed E-state index contributed by atoms with van der Waals surface area (Å²) in [6.45, 7) is 1.76. The maximum atomic E-state index is 13.7. The molecule has 1 nitrogen and oxygen atoms in total. The van der Waals surface area contributed by atoms with Crippen LogP contribution >= 0.6 is 27.5 Å².